The maximum atomic E-state index is 12.2. The highest BCUT2D eigenvalue weighted by atomic mass is 32.1. The van der Waals surface area contributed by atoms with Crippen molar-refractivity contribution in [1.82, 2.24) is 5.32 Å². The summed E-state index contributed by atoms with van der Waals surface area (Å²) >= 11 is 1.56. The van der Waals surface area contributed by atoms with E-state index in [0.717, 1.165) is 24.1 Å². The summed E-state index contributed by atoms with van der Waals surface area (Å²) in [6.45, 7) is 6.04. The highest BCUT2D eigenvalue weighted by Crippen LogP contribution is 2.24. The van der Waals surface area contributed by atoms with Gasteiger partial charge in [-0.2, -0.15) is 0 Å². The van der Waals surface area contributed by atoms with Gasteiger partial charge in [0.25, 0.3) is 5.91 Å². The quantitative estimate of drug-likeness (QED) is 0.787. The standard InChI is InChI=1S/C15H23NO3S/c1-5-7-12-11(6-2)9-13(20-12)15(18)16-10(3)8-14(17)19-4/h9-10H,5-8H2,1-4H3,(H,16,18). The minimum absolute atomic E-state index is 0.108. The van der Waals surface area contributed by atoms with Crippen molar-refractivity contribution < 1.29 is 14.3 Å². The van der Waals surface area contributed by atoms with E-state index in [2.05, 4.69) is 23.9 Å². The Kier molecular flexibility index (Phi) is 6.71. The molecule has 1 heterocycles. The van der Waals surface area contributed by atoms with Gasteiger partial charge in [0, 0.05) is 10.9 Å². The van der Waals surface area contributed by atoms with Crippen LogP contribution in [0, 0.1) is 0 Å². The van der Waals surface area contributed by atoms with Crippen molar-refractivity contribution >= 4 is 23.2 Å². The molecular formula is C15H23NO3S. The molecule has 1 N–H and O–H groups in total. The van der Waals surface area contributed by atoms with Crippen molar-refractivity contribution in [2.24, 2.45) is 0 Å². The van der Waals surface area contributed by atoms with E-state index in [1.807, 2.05) is 6.07 Å². The number of hydrogen-bond donors (Lipinski definition) is 1. The third-order valence-corrected chi connectivity index (χ3v) is 4.29. The van der Waals surface area contributed by atoms with Crippen LogP contribution in [0.4, 0.5) is 0 Å². The first kappa shape index (κ1) is 16.7. The Morgan fingerprint density at radius 3 is 2.65 bits per heavy atom. The van der Waals surface area contributed by atoms with Crippen LogP contribution in [0.3, 0.4) is 0 Å². The van der Waals surface area contributed by atoms with E-state index in [9.17, 15) is 9.59 Å². The van der Waals surface area contributed by atoms with Gasteiger partial charge in [0.2, 0.25) is 0 Å². The number of esters is 1. The second kappa shape index (κ2) is 8.04. The third-order valence-electron chi connectivity index (χ3n) is 3.06. The summed E-state index contributed by atoms with van der Waals surface area (Å²) in [5.41, 5.74) is 1.25. The first-order valence-electron chi connectivity index (χ1n) is 7.01. The Morgan fingerprint density at radius 1 is 1.40 bits per heavy atom. The molecule has 1 aromatic rings. The Hall–Kier alpha value is -1.36. The Balaban J connectivity index is 2.69. The predicted octanol–water partition coefficient (Wildman–Crippen LogP) is 2.94. The second-order valence-electron chi connectivity index (χ2n) is 4.82. The molecule has 0 aliphatic carbocycles. The molecule has 1 unspecified atom stereocenters. The van der Waals surface area contributed by atoms with E-state index < -0.39 is 0 Å². The zero-order valence-electron chi connectivity index (χ0n) is 12.6. The molecule has 1 aromatic heterocycles. The van der Waals surface area contributed by atoms with Gasteiger partial charge in [0.1, 0.15) is 0 Å². The molecule has 1 rings (SSSR count). The monoisotopic (exact) mass is 297 g/mol. The normalized spacial score (nSPS) is 12.0. The molecule has 4 nitrogen and oxygen atoms in total. The zero-order valence-corrected chi connectivity index (χ0v) is 13.4. The van der Waals surface area contributed by atoms with Crippen LogP contribution in [0.2, 0.25) is 0 Å². The fraction of sp³-hybridized carbons (Fsp3) is 0.600. The number of carbonyl (C=O) groups is 2. The molecule has 1 amide bonds. The van der Waals surface area contributed by atoms with Gasteiger partial charge < -0.3 is 10.1 Å². The van der Waals surface area contributed by atoms with Crippen molar-refractivity contribution in [3.8, 4) is 0 Å². The minimum Gasteiger partial charge on any atom is -0.469 e. The number of hydrogen-bond acceptors (Lipinski definition) is 4. The molecule has 0 saturated carbocycles. The van der Waals surface area contributed by atoms with Crippen LogP contribution in [0.1, 0.15) is 53.7 Å². The molecule has 0 bridgehead atoms. The smallest absolute Gasteiger partial charge is 0.307 e. The number of carbonyl (C=O) groups excluding carboxylic acids is 2. The van der Waals surface area contributed by atoms with Gasteiger partial charge in [-0.25, -0.2) is 0 Å². The van der Waals surface area contributed by atoms with Crippen LogP contribution in [0.25, 0.3) is 0 Å². The lowest BCUT2D eigenvalue weighted by Gasteiger charge is -2.11. The molecule has 1 atom stereocenters. The SMILES string of the molecule is CCCc1sc(C(=O)NC(C)CC(=O)OC)cc1CC. The van der Waals surface area contributed by atoms with E-state index >= 15 is 0 Å². The number of rotatable bonds is 7. The molecule has 20 heavy (non-hydrogen) atoms. The number of methoxy groups -OCH3 is 1. The van der Waals surface area contributed by atoms with Gasteiger partial charge >= 0.3 is 5.97 Å². The summed E-state index contributed by atoms with van der Waals surface area (Å²) in [5, 5.41) is 2.84. The average molecular weight is 297 g/mol. The molecular weight excluding hydrogens is 274 g/mol. The van der Waals surface area contributed by atoms with Crippen LogP contribution in [-0.4, -0.2) is 25.0 Å². The van der Waals surface area contributed by atoms with Gasteiger partial charge in [0.15, 0.2) is 0 Å². The highest BCUT2D eigenvalue weighted by molar-refractivity contribution is 7.14. The van der Waals surface area contributed by atoms with E-state index in [-0.39, 0.29) is 24.3 Å². The number of thiophene rings is 1. The lowest BCUT2D eigenvalue weighted by atomic mass is 10.1. The summed E-state index contributed by atoms with van der Waals surface area (Å²) in [6.07, 6.45) is 3.22. The van der Waals surface area contributed by atoms with E-state index in [1.165, 1.54) is 17.6 Å². The molecule has 0 aromatic carbocycles. The minimum atomic E-state index is -0.315. The maximum absolute atomic E-state index is 12.2. The highest BCUT2D eigenvalue weighted by Gasteiger charge is 2.17. The van der Waals surface area contributed by atoms with E-state index in [4.69, 9.17) is 0 Å². The molecule has 0 aliphatic heterocycles. The number of aryl methyl sites for hydroxylation is 2. The summed E-state index contributed by atoms with van der Waals surface area (Å²) in [6, 6.07) is 1.74. The lowest BCUT2D eigenvalue weighted by molar-refractivity contribution is -0.141. The van der Waals surface area contributed by atoms with Gasteiger partial charge in [-0.15, -0.1) is 11.3 Å². The average Bonchev–Trinajstić information content (AvgIpc) is 2.82. The Morgan fingerprint density at radius 2 is 2.10 bits per heavy atom. The van der Waals surface area contributed by atoms with Crippen molar-refractivity contribution in [1.29, 1.82) is 0 Å². The van der Waals surface area contributed by atoms with Crippen molar-refractivity contribution in [2.45, 2.75) is 52.5 Å². The topological polar surface area (TPSA) is 55.4 Å². The van der Waals surface area contributed by atoms with Crippen LogP contribution >= 0.6 is 11.3 Å². The molecule has 0 spiro atoms. The Bertz CT molecular complexity index is 468. The van der Waals surface area contributed by atoms with Crippen LogP contribution in [0.15, 0.2) is 6.07 Å². The molecule has 5 heteroatoms. The fourth-order valence-electron chi connectivity index (χ4n) is 2.00. The predicted molar refractivity (Wildman–Crippen MR) is 81.3 cm³/mol. The van der Waals surface area contributed by atoms with Crippen molar-refractivity contribution in [2.75, 3.05) is 7.11 Å². The van der Waals surface area contributed by atoms with Gasteiger partial charge in [-0.1, -0.05) is 20.3 Å². The van der Waals surface area contributed by atoms with Gasteiger partial charge in [-0.3, -0.25) is 9.59 Å². The van der Waals surface area contributed by atoms with Crippen LogP contribution in [0.5, 0.6) is 0 Å². The van der Waals surface area contributed by atoms with Gasteiger partial charge in [-0.05, 0) is 31.4 Å². The first-order valence-corrected chi connectivity index (χ1v) is 7.82. The van der Waals surface area contributed by atoms with Crippen LogP contribution < -0.4 is 5.32 Å². The van der Waals surface area contributed by atoms with E-state index in [1.54, 1.807) is 18.3 Å². The maximum Gasteiger partial charge on any atom is 0.307 e. The largest absolute Gasteiger partial charge is 0.469 e. The fourth-order valence-corrected chi connectivity index (χ4v) is 3.25. The third kappa shape index (κ3) is 4.63. The lowest BCUT2D eigenvalue weighted by Crippen LogP contribution is -2.34. The summed E-state index contributed by atoms with van der Waals surface area (Å²) in [7, 11) is 1.35. The second-order valence-corrected chi connectivity index (χ2v) is 5.95. The summed E-state index contributed by atoms with van der Waals surface area (Å²) in [4.78, 5) is 25.3. The zero-order chi connectivity index (χ0) is 15.1. The molecule has 112 valence electrons. The number of ether oxygens (including phenoxy) is 1. The molecule has 0 fully saturated rings. The number of nitrogens with one attached hydrogen (secondary N) is 1. The summed E-state index contributed by atoms with van der Waals surface area (Å²) < 4.78 is 4.59. The first-order chi connectivity index (χ1) is 9.51. The van der Waals surface area contributed by atoms with E-state index in [0.29, 0.717) is 0 Å². The van der Waals surface area contributed by atoms with Crippen molar-refractivity contribution in [3.63, 3.8) is 0 Å². The molecule has 0 radical (unpaired) electrons. The summed E-state index contributed by atoms with van der Waals surface area (Å²) in [5.74, 6) is -0.423. The van der Waals surface area contributed by atoms with Crippen LogP contribution in [-0.2, 0) is 22.4 Å². The van der Waals surface area contributed by atoms with Gasteiger partial charge in [0.05, 0.1) is 18.4 Å². The Labute approximate surface area is 124 Å². The molecule has 0 saturated heterocycles. The van der Waals surface area contributed by atoms with Crippen molar-refractivity contribution in [3.05, 3.63) is 21.4 Å². The number of amides is 1. The molecule has 0 aliphatic rings.